The summed E-state index contributed by atoms with van der Waals surface area (Å²) in [6.07, 6.45) is 1.79. The van der Waals surface area contributed by atoms with Crippen molar-refractivity contribution in [3.8, 4) is 0 Å². The smallest absolute Gasteiger partial charge is 0.408 e. The number of amidine groups is 1. The van der Waals surface area contributed by atoms with Crippen LogP contribution in [-0.2, 0) is 33.9 Å². The molecule has 220 valence electrons. The molecule has 1 unspecified atom stereocenters. The average molecular weight is 597 g/mol. The maximum Gasteiger partial charge on any atom is 0.408 e. The fourth-order valence-electron chi connectivity index (χ4n) is 4.41. The van der Waals surface area contributed by atoms with Crippen molar-refractivity contribution >= 4 is 46.2 Å². The number of benzene rings is 3. The van der Waals surface area contributed by atoms with Crippen LogP contribution in [0.15, 0.2) is 107 Å². The number of furan rings is 1. The van der Waals surface area contributed by atoms with Crippen LogP contribution in [0.1, 0.15) is 41.5 Å². The third kappa shape index (κ3) is 7.72. The van der Waals surface area contributed by atoms with Crippen molar-refractivity contribution in [1.29, 1.82) is 0 Å². The standard InChI is InChI=1S/C33H32N4O5S/c1-3-23-11-7-12-27(19-23)36-32-37(20-28-13-8-18-41-28)31(39)29(43-32)25-14-16-26(17-15-25)35-30(38)22(2)34-33(40)42-21-24-9-5-4-6-10-24/h4-19,22,29H,3,20-21H2,1-2H3,(H,34,40)(H,35,38)/t22-,29?/m0/s1. The van der Waals surface area contributed by atoms with E-state index < -0.39 is 23.3 Å². The highest BCUT2D eigenvalue weighted by atomic mass is 32.2. The number of alkyl carbamates (subject to hydrolysis) is 1. The normalized spacial score (nSPS) is 16.2. The van der Waals surface area contributed by atoms with Crippen LogP contribution in [-0.4, -0.2) is 34.0 Å². The molecule has 3 amide bonds. The molecule has 4 aromatic rings. The minimum absolute atomic E-state index is 0.101. The maximum absolute atomic E-state index is 13.6. The highest BCUT2D eigenvalue weighted by Gasteiger charge is 2.39. The Morgan fingerprint density at radius 3 is 2.49 bits per heavy atom. The van der Waals surface area contributed by atoms with Gasteiger partial charge in [-0.05, 0) is 66.4 Å². The van der Waals surface area contributed by atoms with Crippen LogP contribution in [0, 0.1) is 0 Å². The number of ether oxygens (including phenoxy) is 1. The van der Waals surface area contributed by atoms with Gasteiger partial charge in [0.15, 0.2) is 5.17 Å². The quantitative estimate of drug-likeness (QED) is 0.213. The van der Waals surface area contributed by atoms with Crippen LogP contribution >= 0.6 is 11.8 Å². The molecule has 2 atom stereocenters. The maximum atomic E-state index is 13.6. The summed E-state index contributed by atoms with van der Waals surface area (Å²) in [5.74, 6) is 0.161. The Kier molecular flexibility index (Phi) is 9.58. The Bertz CT molecular complexity index is 1590. The Hall–Kier alpha value is -4.83. The first kappa shape index (κ1) is 29.7. The number of aliphatic imine (C=N–C) groups is 1. The molecule has 9 nitrogen and oxygen atoms in total. The molecule has 1 saturated heterocycles. The van der Waals surface area contributed by atoms with Gasteiger partial charge in [-0.2, -0.15) is 0 Å². The predicted octanol–water partition coefficient (Wildman–Crippen LogP) is 6.60. The number of rotatable bonds is 10. The molecule has 1 fully saturated rings. The Labute approximate surface area is 254 Å². The third-order valence-electron chi connectivity index (χ3n) is 6.80. The first-order chi connectivity index (χ1) is 20.9. The van der Waals surface area contributed by atoms with E-state index in [1.165, 1.54) is 11.8 Å². The molecule has 3 aromatic carbocycles. The second-order valence-electron chi connectivity index (χ2n) is 9.96. The summed E-state index contributed by atoms with van der Waals surface area (Å²) in [4.78, 5) is 44.9. The van der Waals surface area contributed by atoms with E-state index in [-0.39, 0.29) is 19.1 Å². The van der Waals surface area contributed by atoms with E-state index in [1.807, 2.05) is 66.7 Å². The molecule has 1 aliphatic rings. The second-order valence-corrected chi connectivity index (χ2v) is 11.0. The Morgan fingerprint density at radius 1 is 1.00 bits per heavy atom. The van der Waals surface area contributed by atoms with Crippen LogP contribution in [0.5, 0.6) is 0 Å². The molecule has 0 aliphatic carbocycles. The zero-order chi connectivity index (χ0) is 30.2. The van der Waals surface area contributed by atoms with Gasteiger partial charge in [0.1, 0.15) is 23.7 Å². The van der Waals surface area contributed by atoms with Gasteiger partial charge in [0.2, 0.25) is 11.8 Å². The van der Waals surface area contributed by atoms with Crippen LogP contribution in [0.3, 0.4) is 0 Å². The molecule has 5 rings (SSSR count). The topological polar surface area (TPSA) is 113 Å². The van der Waals surface area contributed by atoms with Crippen molar-refractivity contribution in [2.75, 3.05) is 5.32 Å². The lowest BCUT2D eigenvalue weighted by Gasteiger charge is -2.16. The fraction of sp³-hybridized carbons (Fsp3) is 0.212. The number of anilines is 1. The molecule has 10 heteroatoms. The predicted molar refractivity (Wildman–Crippen MR) is 167 cm³/mol. The summed E-state index contributed by atoms with van der Waals surface area (Å²) in [5, 5.41) is 5.42. The third-order valence-corrected chi connectivity index (χ3v) is 8.04. The van der Waals surface area contributed by atoms with Crippen molar-refractivity contribution in [2.45, 2.75) is 44.7 Å². The first-order valence-corrected chi connectivity index (χ1v) is 14.8. The van der Waals surface area contributed by atoms with Crippen LogP contribution in [0.25, 0.3) is 0 Å². The second kappa shape index (κ2) is 13.9. The number of carbonyl (C=O) groups excluding carboxylic acids is 3. The Morgan fingerprint density at radius 2 is 1.77 bits per heavy atom. The van der Waals surface area contributed by atoms with E-state index in [0.717, 1.165) is 28.8 Å². The number of thioether (sulfide) groups is 1. The molecule has 43 heavy (non-hydrogen) atoms. The van der Waals surface area contributed by atoms with Gasteiger partial charge < -0.3 is 19.8 Å². The van der Waals surface area contributed by atoms with Crippen molar-refractivity contribution in [3.63, 3.8) is 0 Å². The lowest BCUT2D eigenvalue weighted by Crippen LogP contribution is -2.41. The van der Waals surface area contributed by atoms with Gasteiger partial charge in [-0.15, -0.1) is 0 Å². The van der Waals surface area contributed by atoms with Gasteiger partial charge in [0.25, 0.3) is 0 Å². The molecule has 2 N–H and O–H groups in total. The summed E-state index contributed by atoms with van der Waals surface area (Å²) in [5.41, 5.74) is 4.11. The zero-order valence-electron chi connectivity index (χ0n) is 23.9. The van der Waals surface area contributed by atoms with Crippen molar-refractivity contribution in [3.05, 3.63) is 120 Å². The highest BCUT2D eigenvalue weighted by Crippen LogP contribution is 2.41. The van der Waals surface area contributed by atoms with E-state index in [2.05, 4.69) is 23.6 Å². The van der Waals surface area contributed by atoms with Gasteiger partial charge in [-0.3, -0.25) is 14.5 Å². The summed E-state index contributed by atoms with van der Waals surface area (Å²) in [7, 11) is 0. The van der Waals surface area contributed by atoms with E-state index in [4.69, 9.17) is 14.1 Å². The van der Waals surface area contributed by atoms with Crippen LogP contribution in [0.2, 0.25) is 0 Å². The van der Waals surface area contributed by atoms with Gasteiger partial charge in [-0.1, -0.05) is 73.3 Å². The van der Waals surface area contributed by atoms with Crippen molar-refractivity contribution < 1.29 is 23.5 Å². The lowest BCUT2D eigenvalue weighted by atomic mass is 10.1. The Balaban J connectivity index is 1.23. The van der Waals surface area contributed by atoms with E-state index in [0.29, 0.717) is 16.6 Å². The van der Waals surface area contributed by atoms with Gasteiger partial charge in [-0.25, -0.2) is 9.79 Å². The number of amides is 3. The zero-order valence-corrected chi connectivity index (χ0v) is 24.7. The molecule has 0 bridgehead atoms. The van der Waals surface area contributed by atoms with E-state index >= 15 is 0 Å². The molecule has 0 spiro atoms. The van der Waals surface area contributed by atoms with Gasteiger partial charge in [0.05, 0.1) is 18.5 Å². The average Bonchev–Trinajstić information content (AvgIpc) is 3.65. The fourth-order valence-corrected chi connectivity index (χ4v) is 5.58. The van der Waals surface area contributed by atoms with Crippen molar-refractivity contribution in [1.82, 2.24) is 10.2 Å². The largest absolute Gasteiger partial charge is 0.467 e. The number of carbonyl (C=O) groups is 3. The molecular formula is C33H32N4O5S. The van der Waals surface area contributed by atoms with E-state index in [1.54, 1.807) is 36.3 Å². The monoisotopic (exact) mass is 596 g/mol. The number of nitrogens with one attached hydrogen (secondary N) is 2. The molecular weight excluding hydrogens is 564 g/mol. The van der Waals surface area contributed by atoms with Crippen LogP contribution in [0.4, 0.5) is 16.2 Å². The molecule has 1 aromatic heterocycles. The molecule has 1 aliphatic heterocycles. The van der Waals surface area contributed by atoms with Gasteiger partial charge in [0, 0.05) is 5.69 Å². The SMILES string of the molecule is CCc1cccc(N=C2SC(c3ccc(NC(=O)[C@H](C)NC(=O)OCc4ccccc4)cc3)C(=O)N2Cc2ccco2)c1. The minimum atomic E-state index is -0.824. The van der Waals surface area contributed by atoms with Crippen LogP contribution < -0.4 is 10.6 Å². The van der Waals surface area contributed by atoms with Crippen molar-refractivity contribution in [2.24, 2.45) is 4.99 Å². The summed E-state index contributed by atoms with van der Waals surface area (Å²) < 4.78 is 10.7. The molecule has 0 radical (unpaired) electrons. The van der Waals surface area contributed by atoms with E-state index in [9.17, 15) is 14.4 Å². The van der Waals surface area contributed by atoms with Gasteiger partial charge >= 0.3 is 6.09 Å². The lowest BCUT2D eigenvalue weighted by molar-refractivity contribution is -0.126. The number of nitrogens with zero attached hydrogens (tertiary/aromatic N) is 2. The number of hydrogen-bond donors (Lipinski definition) is 2. The number of aryl methyl sites for hydroxylation is 1. The summed E-state index contributed by atoms with van der Waals surface area (Å²) in [6.45, 7) is 4.04. The molecule has 2 heterocycles. The molecule has 0 saturated carbocycles. The highest BCUT2D eigenvalue weighted by molar-refractivity contribution is 8.15. The summed E-state index contributed by atoms with van der Waals surface area (Å²) >= 11 is 1.38. The summed E-state index contributed by atoms with van der Waals surface area (Å²) in [6, 6.07) is 27.1. The minimum Gasteiger partial charge on any atom is -0.467 e. The first-order valence-electron chi connectivity index (χ1n) is 14.0. The number of hydrogen-bond acceptors (Lipinski definition) is 7.